The van der Waals surface area contributed by atoms with Crippen LogP contribution < -0.4 is 4.90 Å². The second-order valence-electron chi connectivity index (χ2n) is 5.05. The Kier molecular flexibility index (Phi) is 3.25. The molecule has 1 saturated heterocycles. The smallest absolute Gasteiger partial charge is 0.333 e. The van der Waals surface area contributed by atoms with E-state index in [-0.39, 0.29) is 6.10 Å². The highest BCUT2D eigenvalue weighted by Gasteiger charge is 2.24. The largest absolute Gasteiger partial charge is 0.478 e. The molecule has 4 heteroatoms. The Morgan fingerprint density at radius 1 is 1.42 bits per heavy atom. The van der Waals surface area contributed by atoms with Crippen LogP contribution in [0.5, 0.6) is 0 Å². The van der Waals surface area contributed by atoms with E-state index >= 15 is 0 Å². The van der Waals surface area contributed by atoms with Gasteiger partial charge in [0.15, 0.2) is 0 Å². The number of aliphatic carboxylic acids is 1. The average Bonchev–Trinajstić information content (AvgIpc) is 2.91. The standard InChI is InChI=1S/C15H17NO3/c17-15(18)12-8-11-4-1-2-6-14(11)16(9-12)10-13-5-3-7-19-13/h1-2,4,6,9,13H,3,5,7-8,10H2,(H,17,18). The molecule has 2 heterocycles. The zero-order valence-electron chi connectivity index (χ0n) is 10.7. The van der Waals surface area contributed by atoms with Crippen LogP contribution in [0.25, 0.3) is 0 Å². The van der Waals surface area contributed by atoms with E-state index in [0.29, 0.717) is 12.0 Å². The molecule has 4 nitrogen and oxygen atoms in total. The lowest BCUT2D eigenvalue weighted by Gasteiger charge is -2.30. The van der Waals surface area contributed by atoms with Crippen molar-refractivity contribution in [3.05, 3.63) is 41.6 Å². The van der Waals surface area contributed by atoms with Crippen LogP contribution >= 0.6 is 0 Å². The van der Waals surface area contributed by atoms with Gasteiger partial charge in [-0.15, -0.1) is 0 Å². The number of rotatable bonds is 3. The molecule has 0 aromatic heterocycles. The first-order chi connectivity index (χ1) is 9.24. The van der Waals surface area contributed by atoms with E-state index in [1.807, 2.05) is 29.2 Å². The van der Waals surface area contributed by atoms with E-state index in [4.69, 9.17) is 4.74 Å². The average molecular weight is 259 g/mol. The normalized spacial score (nSPS) is 22.0. The first-order valence-corrected chi connectivity index (χ1v) is 6.64. The molecule has 0 amide bonds. The van der Waals surface area contributed by atoms with Gasteiger partial charge < -0.3 is 14.7 Å². The predicted molar refractivity (Wildman–Crippen MR) is 72.2 cm³/mol. The van der Waals surface area contributed by atoms with Crippen molar-refractivity contribution in [1.82, 2.24) is 0 Å². The minimum Gasteiger partial charge on any atom is -0.478 e. The second kappa shape index (κ2) is 5.05. The molecule has 1 N–H and O–H groups in total. The number of para-hydroxylation sites is 1. The Labute approximate surface area is 112 Å². The van der Waals surface area contributed by atoms with E-state index in [2.05, 4.69) is 0 Å². The lowest BCUT2D eigenvalue weighted by Crippen LogP contribution is -2.31. The summed E-state index contributed by atoms with van der Waals surface area (Å²) in [7, 11) is 0. The van der Waals surface area contributed by atoms with Crippen LogP contribution in [0.15, 0.2) is 36.0 Å². The van der Waals surface area contributed by atoms with Gasteiger partial charge in [0.25, 0.3) is 0 Å². The van der Waals surface area contributed by atoms with Gasteiger partial charge in [0.05, 0.1) is 11.7 Å². The van der Waals surface area contributed by atoms with Gasteiger partial charge in [0.2, 0.25) is 0 Å². The monoisotopic (exact) mass is 259 g/mol. The summed E-state index contributed by atoms with van der Waals surface area (Å²) in [6.45, 7) is 1.55. The minimum absolute atomic E-state index is 0.206. The fraction of sp³-hybridized carbons (Fsp3) is 0.400. The van der Waals surface area contributed by atoms with Crippen molar-refractivity contribution in [2.24, 2.45) is 0 Å². The number of ether oxygens (including phenoxy) is 1. The van der Waals surface area contributed by atoms with Gasteiger partial charge in [-0.05, 0) is 24.5 Å². The Morgan fingerprint density at radius 3 is 3.00 bits per heavy atom. The topological polar surface area (TPSA) is 49.8 Å². The van der Waals surface area contributed by atoms with Gasteiger partial charge >= 0.3 is 5.97 Å². The first-order valence-electron chi connectivity index (χ1n) is 6.64. The molecule has 19 heavy (non-hydrogen) atoms. The third kappa shape index (κ3) is 2.49. The predicted octanol–water partition coefficient (Wildman–Crippen LogP) is 2.20. The summed E-state index contributed by atoms with van der Waals surface area (Å²) in [6.07, 6.45) is 4.60. The fourth-order valence-corrected chi connectivity index (χ4v) is 2.74. The molecular weight excluding hydrogens is 242 g/mol. The molecule has 0 radical (unpaired) electrons. The van der Waals surface area contributed by atoms with Gasteiger partial charge in [-0.1, -0.05) is 18.2 Å². The number of carboxylic acid groups (broad SMARTS) is 1. The van der Waals surface area contributed by atoms with Crippen LogP contribution in [0.2, 0.25) is 0 Å². The van der Waals surface area contributed by atoms with Crippen molar-refractivity contribution < 1.29 is 14.6 Å². The number of benzene rings is 1. The van der Waals surface area contributed by atoms with Crippen LogP contribution in [0.4, 0.5) is 5.69 Å². The molecule has 0 saturated carbocycles. The maximum absolute atomic E-state index is 11.2. The quantitative estimate of drug-likeness (QED) is 0.904. The second-order valence-corrected chi connectivity index (χ2v) is 5.05. The Morgan fingerprint density at radius 2 is 2.26 bits per heavy atom. The highest BCUT2D eigenvalue weighted by molar-refractivity contribution is 5.89. The number of nitrogens with zero attached hydrogens (tertiary/aromatic N) is 1. The maximum Gasteiger partial charge on any atom is 0.333 e. The van der Waals surface area contributed by atoms with E-state index in [0.717, 1.165) is 37.2 Å². The first kappa shape index (κ1) is 12.2. The van der Waals surface area contributed by atoms with Crippen molar-refractivity contribution in [2.45, 2.75) is 25.4 Å². The minimum atomic E-state index is -0.841. The molecule has 1 aromatic carbocycles. The summed E-state index contributed by atoms with van der Waals surface area (Å²) in [5, 5.41) is 9.22. The van der Waals surface area contributed by atoms with Crippen molar-refractivity contribution >= 4 is 11.7 Å². The van der Waals surface area contributed by atoms with Crippen LogP contribution in [0, 0.1) is 0 Å². The third-order valence-electron chi connectivity index (χ3n) is 3.69. The van der Waals surface area contributed by atoms with Crippen molar-refractivity contribution in [1.29, 1.82) is 0 Å². The van der Waals surface area contributed by atoms with Crippen molar-refractivity contribution in [3.63, 3.8) is 0 Å². The summed E-state index contributed by atoms with van der Waals surface area (Å²) >= 11 is 0. The van der Waals surface area contributed by atoms with Crippen molar-refractivity contribution in [3.8, 4) is 0 Å². The summed E-state index contributed by atoms with van der Waals surface area (Å²) in [5.74, 6) is -0.841. The molecule has 0 bridgehead atoms. The molecule has 2 aliphatic heterocycles. The van der Waals surface area contributed by atoms with Gasteiger partial charge in [-0.25, -0.2) is 4.79 Å². The lowest BCUT2D eigenvalue weighted by molar-refractivity contribution is -0.132. The third-order valence-corrected chi connectivity index (χ3v) is 3.69. The van der Waals surface area contributed by atoms with E-state index < -0.39 is 5.97 Å². The molecule has 100 valence electrons. The molecule has 1 unspecified atom stereocenters. The van der Waals surface area contributed by atoms with Crippen LogP contribution in [0.3, 0.4) is 0 Å². The Hall–Kier alpha value is -1.81. The van der Waals surface area contributed by atoms with Gasteiger partial charge in [-0.3, -0.25) is 0 Å². The lowest BCUT2D eigenvalue weighted by atomic mass is 9.99. The molecule has 0 aliphatic carbocycles. The van der Waals surface area contributed by atoms with E-state index in [1.165, 1.54) is 0 Å². The molecule has 1 atom stereocenters. The molecule has 3 rings (SSSR count). The number of anilines is 1. The molecule has 1 fully saturated rings. The molecule has 2 aliphatic rings. The van der Waals surface area contributed by atoms with Gasteiger partial charge in [-0.2, -0.15) is 0 Å². The highest BCUT2D eigenvalue weighted by atomic mass is 16.5. The molecular formula is C15H17NO3. The zero-order chi connectivity index (χ0) is 13.2. The summed E-state index contributed by atoms with van der Waals surface area (Å²) in [4.78, 5) is 13.2. The van der Waals surface area contributed by atoms with E-state index in [1.54, 1.807) is 6.20 Å². The molecule has 0 spiro atoms. The Bertz CT molecular complexity index is 518. The number of carboxylic acids is 1. The summed E-state index contributed by atoms with van der Waals surface area (Å²) in [6, 6.07) is 7.97. The number of hydrogen-bond acceptors (Lipinski definition) is 3. The number of carbonyl (C=O) groups is 1. The van der Waals surface area contributed by atoms with Crippen LogP contribution in [-0.2, 0) is 16.0 Å². The zero-order valence-corrected chi connectivity index (χ0v) is 10.7. The van der Waals surface area contributed by atoms with Crippen LogP contribution in [-0.4, -0.2) is 30.3 Å². The van der Waals surface area contributed by atoms with Gasteiger partial charge in [0, 0.05) is 31.5 Å². The Balaban J connectivity index is 1.88. The summed E-state index contributed by atoms with van der Waals surface area (Å²) in [5.41, 5.74) is 2.61. The SMILES string of the molecule is O=C(O)C1=CN(CC2CCCO2)c2ccccc2C1. The number of fused-ring (bicyclic) bond motifs is 1. The molecule has 1 aromatic rings. The summed E-state index contributed by atoms with van der Waals surface area (Å²) < 4.78 is 5.65. The van der Waals surface area contributed by atoms with Gasteiger partial charge in [0.1, 0.15) is 0 Å². The van der Waals surface area contributed by atoms with E-state index in [9.17, 15) is 9.90 Å². The number of hydrogen-bond donors (Lipinski definition) is 1. The fourth-order valence-electron chi connectivity index (χ4n) is 2.74. The highest BCUT2D eigenvalue weighted by Crippen LogP contribution is 2.30. The maximum atomic E-state index is 11.2. The van der Waals surface area contributed by atoms with Crippen molar-refractivity contribution in [2.75, 3.05) is 18.1 Å². The van der Waals surface area contributed by atoms with Crippen LogP contribution in [0.1, 0.15) is 18.4 Å².